The van der Waals surface area contributed by atoms with Gasteiger partial charge in [-0.15, -0.1) is 10.2 Å². The molecule has 4 aromatic rings. The minimum Gasteiger partial charge on any atom is -0.506 e. The van der Waals surface area contributed by atoms with Crippen molar-refractivity contribution in [2.24, 2.45) is 10.2 Å². The van der Waals surface area contributed by atoms with Gasteiger partial charge < -0.3 is 5.11 Å². The van der Waals surface area contributed by atoms with Gasteiger partial charge in [0.1, 0.15) is 11.3 Å². The number of hydrogen-bond donors (Lipinski definition) is 1. The first kappa shape index (κ1) is 13.4. The fraction of sp³-hybridized carbons (Fsp3) is 0. The molecule has 0 fully saturated rings. The van der Waals surface area contributed by atoms with Crippen LogP contribution in [0.15, 0.2) is 83.2 Å². The molecule has 0 radical (unpaired) electrons. The lowest BCUT2D eigenvalue weighted by Crippen LogP contribution is -1.79. The number of aromatic nitrogens is 1. The third-order valence-electron chi connectivity index (χ3n) is 3.76. The Morgan fingerprint density at radius 2 is 1.43 bits per heavy atom. The number of nitrogens with zero attached hydrogens (tertiary/aromatic N) is 3. The van der Waals surface area contributed by atoms with Gasteiger partial charge in [-0.1, -0.05) is 36.4 Å². The Morgan fingerprint density at radius 3 is 2.35 bits per heavy atom. The molecule has 0 bridgehead atoms. The van der Waals surface area contributed by atoms with Crippen molar-refractivity contribution in [3.05, 3.63) is 72.9 Å². The first-order chi connectivity index (χ1) is 11.3. The van der Waals surface area contributed by atoms with Gasteiger partial charge >= 0.3 is 0 Å². The first-order valence-electron chi connectivity index (χ1n) is 7.29. The minimum atomic E-state index is 0.143. The van der Waals surface area contributed by atoms with E-state index in [0.717, 1.165) is 21.8 Å². The number of phenolic OH excluding ortho intramolecular Hbond substituents is 1. The van der Waals surface area contributed by atoms with Crippen LogP contribution in [0.4, 0.5) is 11.4 Å². The van der Waals surface area contributed by atoms with Gasteiger partial charge in [-0.2, -0.15) is 0 Å². The highest BCUT2D eigenvalue weighted by atomic mass is 16.3. The van der Waals surface area contributed by atoms with Crippen molar-refractivity contribution in [1.82, 2.24) is 4.98 Å². The predicted octanol–water partition coefficient (Wildman–Crippen LogP) is 5.51. The molecule has 23 heavy (non-hydrogen) atoms. The highest BCUT2D eigenvalue weighted by molar-refractivity contribution is 5.94. The molecule has 3 aromatic carbocycles. The summed E-state index contributed by atoms with van der Waals surface area (Å²) >= 11 is 0. The van der Waals surface area contributed by atoms with Crippen LogP contribution in [0.1, 0.15) is 0 Å². The lowest BCUT2D eigenvalue weighted by molar-refractivity contribution is 0.480. The summed E-state index contributed by atoms with van der Waals surface area (Å²) in [6.07, 6.45) is 1.65. The van der Waals surface area contributed by atoms with Crippen molar-refractivity contribution < 1.29 is 5.11 Å². The van der Waals surface area contributed by atoms with Crippen LogP contribution in [-0.2, 0) is 0 Å². The molecular weight excluding hydrogens is 286 g/mol. The van der Waals surface area contributed by atoms with Gasteiger partial charge in [0.05, 0.1) is 11.4 Å². The number of aromatic hydroxyl groups is 1. The Balaban J connectivity index is 1.84. The quantitative estimate of drug-likeness (QED) is 0.496. The van der Waals surface area contributed by atoms with E-state index in [-0.39, 0.29) is 5.75 Å². The van der Waals surface area contributed by atoms with Crippen molar-refractivity contribution >= 4 is 33.1 Å². The second kappa shape index (κ2) is 5.50. The topological polar surface area (TPSA) is 57.8 Å². The van der Waals surface area contributed by atoms with E-state index in [9.17, 15) is 5.11 Å². The van der Waals surface area contributed by atoms with Crippen LogP contribution in [0.5, 0.6) is 5.75 Å². The molecule has 1 heterocycles. The smallest absolute Gasteiger partial charge is 0.141 e. The molecule has 0 atom stereocenters. The number of azo groups is 1. The molecule has 0 aliphatic rings. The molecule has 110 valence electrons. The van der Waals surface area contributed by atoms with E-state index in [2.05, 4.69) is 15.2 Å². The van der Waals surface area contributed by atoms with Crippen LogP contribution < -0.4 is 0 Å². The highest BCUT2D eigenvalue weighted by Gasteiger charge is 2.05. The van der Waals surface area contributed by atoms with Crippen LogP contribution in [0, 0.1) is 0 Å². The highest BCUT2D eigenvalue weighted by Crippen LogP contribution is 2.33. The zero-order chi connectivity index (χ0) is 15.6. The van der Waals surface area contributed by atoms with E-state index >= 15 is 0 Å². The van der Waals surface area contributed by atoms with Crippen LogP contribution in [0.2, 0.25) is 0 Å². The van der Waals surface area contributed by atoms with Crippen LogP contribution in [-0.4, -0.2) is 10.1 Å². The molecule has 0 saturated heterocycles. The second-order valence-electron chi connectivity index (χ2n) is 5.20. The molecule has 0 saturated carbocycles. The maximum absolute atomic E-state index is 9.89. The van der Waals surface area contributed by atoms with Crippen molar-refractivity contribution in [3.8, 4) is 5.75 Å². The van der Waals surface area contributed by atoms with Gasteiger partial charge in [-0.25, -0.2) is 0 Å². The largest absolute Gasteiger partial charge is 0.506 e. The van der Waals surface area contributed by atoms with Gasteiger partial charge in [0.25, 0.3) is 0 Å². The van der Waals surface area contributed by atoms with E-state index in [0.29, 0.717) is 11.2 Å². The van der Waals surface area contributed by atoms with Crippen molar-refractivity contribution in [1.29, 1.82) is 0 Å². The van der Waals surface area contributed by atoms with Crippen LogP contribution >= 0.6 is 0 Å². The average Bonchev–Trinajstić information content (AvgIpc) is 2.61. The van der Waals surface area contributed by atoms with Crippen molar-refractivity contribution in [2.75, 3.05) is 0 Å². The lowest BCUT2D eigenvalue weighted by atomic mass is 10.1. The number of rotatable bonds is 2. The molecule has 4 nitrogen and oxygen atoms in total. The minimum absolute atomic E-state index is 0.143. The Labute approximate surface area is 132 Å². The Hall–Kier alpha value is -3.27. The summed E-state index contributed by atoms with van der Waals surface area (Å²) in [6, 6.07) is 21.0. The summed E-state index contributed by atoms with van der Waals surface area (Å²) in [6.45, 7) is 0. The first-order valence-corrected chi connectivity index (χ1v) is 7.29. The number of pyridine rings is 1. The van der Waals surface area contributed by atoms with E-state index in [4.69, 9.17) is 0 Å². The van der Waals surface area contributed by atoms with Gasteiger partial charge in [0.2, 0.25) is 0 Å². The predicted molar refractivity (Wildman–Crippen MR) is 91.5 cm³/mol. The molecule has 0 aliphatic heterocycles. The zero-order valence-corrected chi connectivity index (χ0v) is 12.2. The zero-order valence-electron chi connectivity index (χ0n) is 12.2. The summed E-state index contributed by atoms with van der Waals surface area (Å²) in [5.41, 5.74) is 2.02. The summed E-state index contributed by atoms with van der Waals surface area (Å²) in [5.74, 6) is 0.143. The fourth-order valence-corrected chi connectivity index (χ4v) is 2.63. The van der Waals surface area contributed by atoms with E-state index < -0.39 is 0 Å². The fourth-order valence-electron chi connectivity index (χ4n) is 2.63. The number of phenols is 1. The number of benzene rings is 3. The Bertz CT molecular complexity index is 1040. The summed E-state index contributed by atoms with van der Waals surface area (Å²) < 4.78 is 0. The lowest BCUT2D eigenvalue weighted by Gasteiger charge is -2.03. The number of hydrogen-bond acceptors (Lipinski definition) is 4. The molecule has 1 aromatic heterocycles. The molecular formula is C19H13N3O. The molecule has 0 unspecified atom stereocenters. The normalized spacial score (nSPS) is 11.5. The van der Waals surface area contributed by atoms with Crippen LogP contribution in [0.25, 0.3) is 21.7 Å². The van der Waals surface area contributed by atoms with Crippen LogP contribution in [0.3, 0.4) is 0 Å². The van der Waals surface area contributed by atoms with Gasteiger partial charge in [-0.05, 0) is 35.7 Å². The summed E-state index contributed by atoms with van der Waals surface area (Å²) in [5, 5.41) is 21.6. The monoisotopic (exact) mass is 299 g/mol. The van der Waals surface area contributed by atoms with E-state index in [1.54, 1.807) is 18.3 Å². The molecule has 0 spiro atoms. The van der Waals surface area contributed by atoms with Gasteiger partial charge in [-0.3, -0.25) is 4.98 Å². The Morgan fingerprint density at radius 1 is 0.696 bits per heavy atom. The average molecular weight is 299 g/mol. The van der Waals surface area contributed by atoms with E-state index in [1.807, 2.05) is 54.6 Å². The molecule has 4 rings (SSSR count). The third-order valence-corrected chi connectivity index (χ3v) is 3.76. The number of fused-ring (bicyclic) bond motifs is 2. The van der Waals surface area contributed by atoms with Crippen molar-refractivity contribution in [3.63, 3.8) is 0 Å². The third kappa shape index (κ3) is 2.40. The van der Waals surface area contributed by atoms with Crippen molar-refractivity contribution in [2.45, 2.75) is 0 Å². The second-order valence-corrected chi connectivity index (χ2v) is 5.20. The molecule has 0 aliphatic carbocycles. The maximum atomic E-state index is 9.89. The Kier molecular flexibility index (Phi) is 3.20. The SMILES string of the molecule is Oc1ccc(N=Nc2cccc3ccccc23)c2cccnc12. The van der Waals surface area contributed by atoms with E-state index in [1.165, 1.54) is 0 Å². The standard InChI is InChI=1S/C19H13N3O/c23-18-11-10-17(15-8-4-12-20-19(15)18)22-21-16-9-3-6-13-5-1-2-7-14(13)16/h1-12,23H. The van der Waals surface area contributed by atoms with Gasteiger partial charge in [0, 0.05) is 17.0 Å². The summed E-state index contributed by atoms with van der Waals surface area (Å²) in [7, 11) is 0. The summed E-state index contributed by atoms with van der Waals surface area (Å²) in [4.78, 5) is 4.19. The molecule has 4 heteroatoms. The molecule has 1 N–H and O–H groups in total. The van der Waals surface area contributed by atoms with Gasteiger partial charge in [0.15, 0.2) is 0 Å². The molecule has 0 amide bonds. The maximum Gasteiger partial charge on any atom is 0.141 e.